The molecule has 0 saturated carbocycles. The Balaban J connectivity index is -0.000000177. The van der Waals surface area contributed by atoms with E-state index >= 15 is 0 Å². The molecule has 0 fully saturated rings. The van der Waals surface area contributed by atoms with E-state index in [4.69, 9.17) is 0 Å². The van der Waals surface area contributed by atoms with E-state index in [2.05, 4.69) is 42.0 Å². The van der Waals surface area contributed by atoms with Crippen molar-refractivity contribution in [3.63, 3.8) is 0 Å². The largest absolute Gasteiger partial charge is 0.306 e. The van der Waals surface area contributed by atoms with Gasteiger partial charge in [0.2, 0.25) is 0 Å². The van der Waals surface area contributed by atoms with E-state index in [1.54, 1.807) is 0 Å². The lowest BCUT2D eigenvalue weighted by molar-refractivity contribution is 0.335. The Morgan fingerprint density at radius 1 is 1.00 bits per heavy atom. The maximum atomic E-state index is 2.58. The Bertz CT molecular complexity index is 51.8. The molecule has 0 aromatic rings. The maximum absolute atomic E-state index is 2.58. The lowest BCUT2D eigenvalue weighted by Crippen LogP contribution is -2.19. The summed E-state index contributed by atoms with van der Waals surface area (Å²) in [6, 6.07) is 0. The van der Waals surface area contributed by atoms with Crippen LogP contribution in [0.15, 0.2) is 0 Å². The van der Waals surface area contributed by atoms with E-state index in [1.165, 1.54) is 32.1 Å². The Hall–Kier alpha value is 0.390. The van der Waals surface area contributed by atoms with Crippen LogP contribution in [0, 0.1) is 0 Å². The maximum Gasteiger partial charge on any atom is -0.00244 e. The molecular weight excluding hydrogens is 165 g/mol. The van der Waals surface area contributed by atoms with Crippen molar-refractivity contribution in [2.24, 2.45) is 0 Å². The first kappa shape index (κ1) is 18.2. The van der Waals surface area contributed by atoms with Crippen molar-refractivity contribution in [2.45, 2.75) is 41.0 Å². The molecule has 0 rings (SSSR count). The van der Waals surface area contributed by atoms with Crippen LogP contribution in [-0.4, -0.2) is 31.2 Å². The van der Waals surface area contributed by atoms with Crippen molar-refractivity contribution in [3.8, 4) is 0 Å². The van der Waals surface area contributed by atoms with Crippen molar-refractivity contribution < 1.29 is 0 Å². The summed E-state index contributed by atoms with van der Waals surface area (Å²) in [7, 11) is 4.75. The second kappa shape index (κ2) is 17.5. The molecule has 0 aromatic heterocycles. The van der Waals surface area contributed by atoms with E-state index in [0.717, 1.165) is 0 Å². The molecule has 0 spiro atoms. The van der Waals surface area contributed by atoms with Gasteiger partial charge in [-0.05, 0) is 39.1 Å². The van der Waals surface area contributed by atoms with Crippen LogP contribution in [0.4, 0.5) is 0 Å². The summed E-state index contributed by atoms with van der Waals surface area (Å²) in [5, 5.41) is 0. The van der Waals surface area contributed by atoms with E-state index in [9.17, 15) is 0 Å². The molecule has 78 valence electrons. The zero-order valence-electron chi connectivity index (χ0n) is 8.56. The smallest absolute Gasteiger partial charge is 0.00244 e. The van der Waals surface area contributed by atoms with Crippen molar-refractivity contribution in [1.82, 2.24) is 4.90 Å². The quantitative estimate of drug-likeness (QED) is 0.619. The molecule has 1 unspecified atom stereocenters. The average Bonchev–Trinajstić information content (AvgIpc) is 1.90. The van der Waals surface area contributed by atoms with Gasteiger partial charge >= 0.3 is 0 Å². The van der Waals surface area contributed by atoms with Gasteiger partial charge in [-0.2, -0.15) is 0 Å². The van der Waals surface area contributed by atoms with Crippen molar-refractivity contribution >= 4 is 9.24 Å². The SMILES string of the molecule is C.CCCN(C)CCC.CCP. The number of hydrogen-bond acceptors (Lipinski definition) is 1. The summed E-state index contributed by atoms with van der Waals surface area (Å²) in [6.07, 6.45) is 3.72. The highest BCUT2D eigenvalue weighted by Crippen LogP contribution is 1.86. The first-order valence-electron chi connectivity index (χ1n) is 4.61. The van der Waals surface area contributed by atoms with Crippen LogP contribution in [0.1, 0.15) is 41.0 Å². The third-order valence-electron chi connectivity index (χ3n) is 1.21. The number of hydrogen-bond donors (Lipinski definition) is 0. The van der Waals surface area contributed by atoms with E-state index in [1.807, 2.05) is 0 Å². The standard InChI is InChI=1S/C7H17N.C2H7P.CH4/c1-4-6-8(3)7-5-2;1-2-3;/h4-7H2,1-3H3;2-3H2,1H3;1H4. The fourth-order valence-electron chi connectivity index (χ4n) is 0.875. The van der Waals surface area contributed by atoms with Gasteiger partial charge in [0.15, 0.2) is 0 Å². The topological polar surface area (TPSA) is 3.24 Å². The van der Waals surface area contributed by atoms with Crippen LogP contribution in [0.5, 0.6) is 0 Å². The highest BCUT2D eigenvalue weighted by molar-refractivity contribution is 7.16. The molecule has 12 heavy (non-hydrogen) atoms. The first-order chi connectivity index (χ1) is 5.22. The van der Waals surface area contributed by atoms with Gasteiger partial charge in [0, 0.05) is 0 Å². The molecule has 0 aromatic carbocycles. The average molecular weight is 193 g/mol. The molecule has 0 aliphatic rings. The van der Waals surface area contributed by atoms with E-state index in [-0.39, 0.29) is 7.43 Å². The van der Waals surface area contributed by atoms with Crippen LogP contribution >= 0.6 is 9.24 Å². The van der Waals surface area contributed by atoms with Crippen molar-refractivity contribution in [2.75, 3.05) is 26.3 Å². The van der Waals surface area contributed by atoms with Gasteiger partial charge in [-0.3, -0.25) is 0 Å². The lowest BCUT2D eigenvalue weighted by atomic mass is 10.4. The fourth-order valence-corrected chi connectivity index (χ4v) is 0.875. The Labute approximate surface area is 82.1 Å². The Kier molecular flexibility index (Phi) is 26.5. The highest BCUT2D eigenvalue weighted by Gasteiger charge is 1.90. The molecular formula is C10H28NP. The van der Waals surface area contributed by atoms with Crippen LogP contribution < -0.4 is 0 Å². The van der Waals surface area contributed by atoms with Gasteiger partial charge in [-0.15, -0.1) is 9.24 Å². The minimum Gasteiger partial charge on any atom is -0.306 e. The second-order valence-electron chi connectivity index (χ2n) is 2.71. The molecule has 1 nitrogen and oxygen atoms in total. The molecule has 0 heterocycles. The fraction of sp³-hybridized carbons (Fsp3) is 1.00. The molecule has 0 aliphatic carbocycles. The van der Waals surface area contributed by atoms with Gasteiger partial charge < -0.3 is 4.90 Å². The summed E-state index contributed by atoms with van der Waals surface area (Å²) >= 11 is 0. The van der Waals surface area contributed by atoms with Gasteiger partial charge in [0.1, 0.15) is 0 Å². The summed E-state index contributed by atoms with van der Waals surface area (Å²) in [6.45, 7) is 9.00. The zero-order valence-corrected chi connectivity index (χ0v) is 9.71. The number of nitrogens with zero attached hydrogens (tertiary/aromatic N) is 1. The number of rotatable bonds is 4. The van der Waals surface area contributed by atoms with Crippen LogP contribution in [0.2, 0.25) is 0 Å². The van der Waals surface area contributed by atoms with Gasteiger partial charge in [0.05, 0.1) is 0 Å². The highest BCUT2D eigenvalue weighted by atomic mass is 31.0. The summed E-state index contributed by atoms with van der Waals surface area (Å²) < 4.78 is 0. The predicted octanol–water partition coefficient (Wildman–Crippen LogP) is 3.26. The summed E-state index contributed by atoms with van der Waals surface area (Å²) in [5.41, 5.74) is 0. The summed E-state index contributed by atoms with van der Waals surface area (Å²) in [4.78, 5) is 2.36. The first-order valence-corrected chi connectivity index (χ1v) is 5.43. The molecule has 2 heteroatoms. The molecule has 0 aliphatic heterocycles. The van der Waals surface area contributed by atoms with Crippen molar-refractivity contribution in [1.29, 1.82) is 0 Å². The molecule has 0 radical (unpaired) electrons. The second-order valence-corrected chi connectivity index (χ2v) is 3.53. The zero-order chi connectivity index (χ0) is 9.11. The minimum atomic E-state index is 0. The summed E-state index contributed by atoms with van der Waals surface area (Å²) in [5.74, 6) is 0. The Morgan fingerprint density at radius 3 is 1.42 bits per heavy atom. The van der Waals surface area contributed by atoms with Gasteiger partial charge in [-0.1, -0.05) is 28.2 Å². The normalized spacial score (nSPS) is 8.50. The van der Waals surface area contributed by atoms with Crippen LogP contribution in [-0.2, 0) is 0 Å². The lowest BCUT2D eigenvalue weighted by Gasteiger charge is -2.12. The Morgan fingerprint density at radius 2 is 1.25 bits per heavy atom. The molecule has 0 saturated heterocycles. The third kappa shape index (κ3) is 22.4. The van der Waals surface area contributed by atoms with E-state index in [0.29, 0.717) is 0 Å². The van der Waals surface area contributed by atoms with Crippen LogP contribution in [0.25, 0.3) is 0 Å². The predicted molar refractivity (Wildman–Crippen MR) is 65.1 cm³/mol. The van der Waals surface area contributed by atoms with Gasteiger partial charge in [0.25, 0.3) is 0 Å². The van der Waals surface area contributed by atoms with Crippen LogP contribution in [0.3, 0.4) is 0 Å². The molecule has 0 N–H and O–H groups in total. The molecule has 1 atom stereocenters. The van der Waals surface area contributed by atoms with E-state index < -0.39 is 0 Å². The monoisotopic (exact) mass is 193 g/mol. The minimum absolute atomic E-state index is 0. The molecule has 0 amide bonds. The molecule has 0 bridgehead atoms. The van der Waals surface area contributed by atoms with Crippen molar-refractivity contribution in [3.05, 3.63) is 0 Å². The van der Waals surface area contributed by atoms with Gasteiger partial charge in [-0.25, -0.2) is 0 Å². The third-order valence-corrected chi connectivity index (χ3v) is 1.21.